The van der Waals surface area contributed by atoms with E-state index in [1.54, 1.807) is 20.8 Å². The molecular weight excluding hydrogens is 1500 g/mol. The number of Topliss-reactive ketones (excluding diaryl/α,β-unsaturated/α-hetero) is 4. The molecular formula is C84H150N4O27. The first-order valence-corrected chi connectivity index (χ1v) is 43.4. The molecule has 4 heterocycles. The second-order valence-corrected chi connectivity index (χ2v) is 33.8. The first-order valence-electron chi connectivity index (χ1n) is 43.4. The normalized spacial score (nSPS) is 26.3. The number of unbranched alkanes of at least 4 members (excludes halogenated alkanes) is 14. The van der Waals surface area contributed by atoms with Crippen LogP contribution in [-0.4, -0.2) is 293 Å². The minimum atomic E-state index is -1.32. The van der Waals surface area contributed by atoms with Gasteiger partial charge in [-0.3, -0.25) is 38.4 Å². The third-order valence-corrected chi connectivity index (χ3v) is 22.3. The van der Waals surface area contributed by atoms with Gasteiger partial charge in [0.25, 0.3) is 0 Å². The highest BCUT2D eigenvalue weighted by molar-refractivity contribution is 5.80. The number of ether oxygens (including phenoxy) is 9. The number of rotatable bonds is 66. The van der Waals surface area contributed by atoms with Gasteiger partial charge in [0.05, 0.1) is 83.9 Å². The summed E-state index contributed by atoms with van der Waals surface area (Å²) >= 11 is 0. The van der Waals surface area contributed by atoms with Crippen LogP contribution in [0.1, 0.15) is 273 Å². The number of ketones is 4. The molecule has 0 spiro atoms. The molecule has 31 heteroatoms. The number of hydrogen-bond acceptors (Lipinski definition) is 27. The van der Waals surface area contributed by atoms with Crippen molar-refractivity contribution in [3.63, 3.8) is 0 Å². The Kier molecular flexibility index (Phi) is 52.7. The fourth-order valence-electron chi connectivity index (χ4n) is 14.7. The second kappa shape index (κ2) is 58.7. The summed E-state index contributed by atoms with van der Waals surface area (Å²) in [5, 5.41) is 109. The van der Waals surface area contributed by atoms with Crippen LogP contribution in [0.3, 0.4) is 0 Å². The predicted molar refractivity (Wildman–Crippen MR) is 425 cm³/mol. The van der Waals surface area contributed by atoms with Crippen LogP contribution in [0.2, 0.25) is 0 Å². The highest BCUT2D eigenvalue weighted by atomic mass is 16.7. The molecule has 4 saturated heterocycles. The van der Waals surface area contributed by atoms with Crippen LogP contribution in [-0.2, 0) is 81.0 Å². The number of carbonyl (C=O) groups is 8. The zero-order chi connectivity index (χ0) is 84.6. The smallest absolute Gasteiger partial charge is 0.222 e. The maximum absolute atomic E-state index is 14.1. The van der Waals surface area contributed by atoms with Crippen molar-refractivity contribution in [2.24, 2.45) is 23.2 Å². The molecule has 4 amide bonds. The number of amides is 4. The number of aliphatic hydroxyl groups excluding tert-OH is 10. The standard InChI is InChI=1S/C84H150N4O27/c1-58-74(101)77(104)67(52-89)113-80(58)110-44-24-21-32-62(92)28-15-13-17-30-64(94)38-47-107-55-84(87-72(99)35-19-11-9-7-8-10-12-20-36-73(100)88-51-66(96)50-61(88)37-41-83(4,5)6,56-108-48-39-65(95)31-18-14-16-29-63(93)33-22-25-45-111-81-59(2)75(102)78(105)68(53-90)114-81)57-109-49-40-71(98)86-43-27-42-85-70(97)34-23-26-46-112-82-60(3)76(103)79(106)69(54-91)115-82/h58-61,66-69,74-82,89-91,96,101-106H,7-57H2,1-6H3,(H,85,97)(H,86,98)(H,87,99)/t58?,59?,60?,61-,66-,67?,68?,69?,74?,75?,76?,77?,78?,79?,80?,81?,82?,84?/m1/s1. The van der Waals surface area contributed by atoms with E-state index >= 15 is 0 Å². The minimum absolute atomic E-state index is 0.00710. The Hall–Kier alpha value is -4.20. The van der Waals surface area contributed by atoms with Gasteiger partial charge in [-0.2, -0.15) is 0 Å². The second-order valence-electron chi connectivity index (χ2n) is 33.8. The molecule has 668 valence electrons. The van der Waals surface area contributed by atoms with Gasteiger partial charge in [0.15, 0.2) is 18.9 Å². The van der Waals surface area contributed by atoms with Crippen molar-refractivity contribution in [3.8, 4) is 0 Å². The zero-order valence-corrected chi connectivity index (χ0v) is 70.2. The summed E-state index contributed by atoms with van der Waals surface area (Å²) in [6.45, 7) is 11.5. The molecule has 0 saturated carbocycles. The van der Waals surface area contributed by atoms with Crippen LogP contribution < -0.4 is 16.0 Å². The average Bonchev–Trinajstić information content (AvgIpc) is 1.85. The van der Waals surface area contributed by atoms with Crippen molar-refractivity contribution in [1.82, 2.24) is 20.9 Å². The lowest BCUT2D eigenvalue weighted by molar-refractivity contribution is -0.282. The molecule has 15 unspecified atom stereocenters. The van der Waals surface area contributed by atoms with Gasteiger partial charge in [-0.15, -0.1) is 0 Å². The van der Waals surface area contributed by atoms with Crippen LogP contribution in [0.25, 0.3) is 0 Å². The summed E-state index contributed by atoms with van der Waals surface area (Å²) in [5.74, 6) is -2.11. The molecule has 4 aliphatic heterocycles. The SMILES string of the molecule is CC1C(OCCCCC(=O)CCCCCC(=O)CCOCC(COCCC(=O)CCCCCC(=O)CCCCOC2OC(CO)C(O)C(O)C2C)(COCCC(=O)NCCCNC(=O)CCCCOC2OC(CO)C(O)C(O)C2C)NC(=O)CCCCCCCCCCC(=O)N2C[C@H](O)C[C@H]2CCC(C)(C)C)OC(CO)C(O)C1O. The Morgan fingerprint density at radius 1 is 0.383 bits per heavy atom. The molecule has 0 radical (unpaired) electrons. The van der Waals surface area contributed by atoms with E-state index in [-0.39, 0.29) is 169 Å². The third-order valence-electron chi connectivity index (χ3n) is 22.3. The quantitative estimate of drug-likeness (QED) is 0.0342. The Labute approximate surface area is 683 Å². The van der Waals surface area contributed by atoms with E-state index < -0.39 is 123 Å². The van der Waals surface area contributed by atoms with E-state index in [9.17, 15) is 89.4 Å². The molecule has 115 heavy (non-hydrogen) atoms. The maximum Gasteiger partial charge on any atom is 0.222 e. The topological polar surface area (TPSA) is 461 Å². The number of β-amino-alcohol motifs (C(OH)–C–C–N with tert-alkyl or cyclic N) is 1. The Balaban J connectivity index is 1.28. The van der Waals surface area contributed by atoms with Crippen LogP contribution in [0, 0.1) is 23.2 Å². The third kappa shape index (κ3) is 42.2. The average molecular weight is 1650 g/mol. The van der Waals surface area contributed by atoms with Gasteiger partial charge in [0.2, 0.25) is 23.6 Å². The van der Waals surface area contributed by atoms with E-state index in [4.69, 9.17) is 42.6 Å². The molecule has 0 aliphatic carbocycles. The molecule has 0 aromatic heterocycles. The minimum Gasteiger partial charge on any atom is -0.394 e. The summed E-state index contributed by atoms with van der Waals surface area (Å²) in [4.78, 5) is 107. The van der Waals surface area contributed by atoms with Gasteiger partial charge >= 0.3 is 0 Å². The molecule has 17 atom stereocenters. The number of aliphatic hydroxyl groups is 10. The lowest BCUT2D eigenvalue weighted by atomic mass is 9.88. The lowest BCUT2D eigenvalue weighted by Gasteiger charge is -2.40. The van der Waals surface area contributed by atoms with Crippen molar-refractivity contribution in [3.05, 3.63) is 0 Å². The Bertz CT molecular complexity index is 2500. The number of carbonyl (C=O) groups excluding carboxylic acids is 8. The van der Waals surface area contributed by atoms with Crippen molar-refractivity contribution in [1.29, 1.82) is 0 Å². The van der Waals surface area contributed by atoms with Gasteiger partial charge < -0.3 is 115 Å². The fraction of sp³-hybridized carbons (Fsp3) is 0.905. The first-order chi connectivity index (χ1) is 55.0. The summed E-state index contributed by atoms with van der Waals surface area (Å²) in [7, 11) is 0. The highest BCUT2D eigenvalue weighted by Gasteiger charge is 2.45. The summed E-state index contributed by atoms with van der Waals surface area (Å²) in [6, 6.07) is 0.0816. The number of nitrogens with one attached hydrogen (secondary N) is 3. The van der Waals surface area contributed by atoms with Crippen LogP contribution in [0.4, 0.5) is 0 Å². The number of nitrogens with zero attached hydrogens (tertiary/aromatic N) is 1. The highest BCUT2D eigenvalue weighted by Crippen LogP contribution is 2.32. The van der Waals surface area contributed by atoms with Crippen molar-refractivity contribution in [2.45, 2.75) is 364 Å². The fourth-order valence-corrected chi connectivity index (χ4v) is 14.7. The van der Waals surface area contributed by atoms with Crippen LogP contribution in [0.15, 0.2) is 0 Å². The van der Waals surface area contributed by atoms with Gasteiger partial charge in [0.1, 0.15) is 65.3 Å². The predicted octanol–water partition coefficient (Wildman–Crippen LogP) is 5.34. The monoisotopic (exact) mass is 1650 g/mol. The molecule has 4 aliphatic rings. The van der Waals surface area contributed by atoms with Gasteiger partial charge in [-0.05, 0) is 108 Å². The molecule has 4 rings (SSSR count). The number of likely N-dealkylation sites (tertiary alicyclic amines) is 1. The molecule has 13 N–H and O–H groups in total. The van der Waals surface area contributed by atoms with Gasteiger partial charge in [0, 0.05) is 140 Å². The van der Waals surface area contributed by atoms with Crippen molar-refractivity contribution >= 4 is 46.8 Å². The van der Waals surface area contributed by atoms with E-state index in [0.717, 1.165) is 57.8 Å². The van der Waals surface area contributed by atoms with Crippen molar-refractivity contribution < 1.29 is 132 Å². The van der Waals surface area contributed by atoms with E-state index in [1.165, 1.54) is 0 Å². The summed E-state index contributed by atoms with van der Waals surface area (Å²) in [6.07, 6.45) is 7.11. The summed E-state index contributed by atoms with van der Waals surface area (Å²) < 4.78 is 52.7. The van der Waals surface area contributed by atoms with E-state index in [0.29, 0.717) is 142 Å². The Morgan fingerprint density at radius 3 is 1.10 bits per heavy atom. The van der Waals surface area contributed by atoms with Gasteiger partial charge in [-0.25, -0.2) is 0 Å². The largest absolute Gasteiger partial charge is 0.394 e. The van der Waals surface area contributed by atoms with Crippen LogP contribution in [0.5, 0.6) is 0 Å². The van der Waals surface area contributed by atoms with E-state index in [1.807, 2.05) is 4.90 Å². The molecule has 31 nitrogen and oxygen atoms in total. The van der Waals surface area contributed by atoms with Gasteiger partial charge in [-0.1, -0.05) is 92.9 Å². The number of hydrogen-bond donors (Lipinski definition) is 13. The molecule has 0 bridgehead atoms. The molecule has 0 aromatic rings. The Morgan fingerprint density at radius 2 is 0.704 bits per heavy atom. The lowest BCUT2D eigenvalue weighted by Crippen LogP contribution is -2.58. The first kappa shape index (κ1) is 103. The van der Waals surface area contributed by atoms with Crippen molar-refractivity contribution in [2.75, 3.05) is 98.9 Å². The van der Waals surface area contributed by atoms with Crippen LogP contribution >= 0.6 is 0 Å². The molecule has 4 fully saturated rings. The van der Waals surface area contributed by atoms with E-state index in [2.05, 4.69) is 36.7 Å². The zero-order valence-electron chi connectivity index (χ0n) is 70.2. The molecule has 0 aromatic carbocycles. The maximum atomic E-state index is 14.1. The summed E-state index contributed by atoms with van der Waals surface area (Å²) in [5.41, 5.74) is -1.17.